The first-order chi connectivity index (χ1) is 11.1. The van der Waals surface area contributed by atoms with E-state index in [2.05, 4.69) is 26.1 Å². The molecule has 3 aliphatic heterocycles. The van der Waals surface area contributed by atoms with Gasteiger partial charge in [0.05, 0.1) is 24.0 Å². The molecule has 0 saturated carbocycles. The Labute approximate surface area is 144 Å². The average Bonchev–Trinajstić information content (AvgIpc) is 2.92. The molecular weight excluding hydrogens is 363 g/mol. The van der Waals surface area contributed by atoms with Crippen LogP contribution in [-0.4, -0.2) is 48.4 Å². The van der Waals surface area contributed by atoms with Gasteiger partial charge >= 0.3 is 0 Å². The number of nitrogens with zero attached hydrogens (tertiary/aromatic N) is 1. The number of β-amino-alcohol motifs (C(OH)–C–C–N with tert-alkyl or cyclic N) is 1. The Bertz CT molecular complexity index is 600. The fourth-order valence-corrected chi connectivity index (χ4v) is 4.56. The van der Waals surface area contributed by atoms with Crippen LogP contribution in [0.4, 0.5) is 10.1 Å². The van der Waals surface area contributed by atoms with Crippen LogP contribution in [0.3, 0.4) is 0 Å². The van der Waals surface area contributed by atoms with Crippen LogP contribution < -0.4 is 5.32 Å². The maximum atomic E-state index is 14.2. The molecule has 0 spiro atoms. The minimum atomic E-state index is -0.221. The Balaban J connectivity index is 1.51. The Hall–Kier alpha value is -0.690. The van der Waals surface area contributed by atoms with Crippen LogP contribution >= 0.6 is 15.9 Å². The fraction of sp³-hybridized carbons (Fsp3) is 0.647. The molecule has 0 aliphatic carbocycles. The van der Waals surface area contributed by atoms with Crippen LogP contribution in [0.25, 0.3) is 0 Å². The van der Waals surface area contributed by atoms with Crippen molar-refractivity contribution in [3.05, 3.63) is 28.0 Å². The second kappa shape index (κ2) is 6.31. The average molecular weight is 385 g/mol. The summed E-state index contributed by atoms with van der Waals surface area (Å²) in [6.07, 6.45) is 2.90. The second-order valence-electron chi connectivity index (χ2n) is 6.95. The van der Waals surface area contributed by atoms with Crippen LogP contribution in [0.5, 0.6) is 0 Å². The van der Waals surface area contributed by atoms with Crippen LogP contribution in [0.2, 0.25) is 0 Å². The van der Waals surface area contributed by atoms with Gasteiger partial charge in [0.25, 0.3) is 0 Å². The first kappa shape index (κ1) is 15.8. The highest BCUT2D eigenvalue weighted by atomic mass is 79.9. The third-order valence-electron chi connectivity index (χ3n) is 5.27. The van der Waals surface area contributed by atoms with Gasteiger partial charge < -0.3 is 15.2 Å². The molecule has 2 fully saturated rings. The monoisotopic (exact) mass is 384 g/mol. The Morgan fingerprint density at radius 3 is 3.00 bits per heavy atom. The van der Waals surface area contributed by atoms with E-state index in [1.165, 1.54) is 6.07 Å². The predicted molar refractivity (Wildman–Crippen MR) is 90.0 cm³/mol. The van der Waals surface area contributed by atoms with Crippen LogP contribution in [0, 0.1) is 11.7 Å². The van der Waals surface area contributed by atoms with Crippen LogP contribution in [0.1, 0.15) is 30.9 Å². The molecule has 126 valence electrons. The summed E-state index contributed by atoms with van der Waals surface area (Å²) in [5.41, 5.74) is 1.52. The SMILES string of the molecule is OC1CCN(CC2CCC3CNc4c(F)cc(Br)cc4C3O2)C1. The molecule has 23 heavy (non-hydrogen) atoms. The summed E-state index contributed by atoms with van der Waals surface area (Å²) in [4.78, 5) is 2.28. The largest absolute Gasteiger partial charge is 0.392 e. The van der Waals surface area contributed by atoms with Gasteiger partial charge in [0.2, 0.25) is 0 Å². The maximum absolute atomic E-state index is 14.2. The molecule has 6 heteroatoms. The molecule has 0 amide bonds. The van der Waals surface area contributed by atoms with Crippen molar-refractivity contribution in [2.75, 3.05) is 31.5 Å². The lowest BCUT2D eigenvalue weighted by atomic mass is 9.84. The van der Waals surface area contributed by atoms with Gasteiger partial charge in [-0.25, -0.2) is 4.39 Å². The maximum Gasteiger partial charge on any atom is 0.147 e. The van der Waals surface area contributed by atoms with Gasteiger partial charge in [-0.1, -0.05) is 15.9 Å². The number of halogens is 2. The molecule has 4 rings (SSSR count). The fourth-order valence-electron chi connectivity index (χ4n) is 4.11. The van der Waals surface area contributed by atoms with E-state index in [9.17, 15) is 9.50 Å². The highest BCUT2D eigenvalue weighted by Crippen LogP contribution is 2.44. The zero-order valence-electron chi connectivity index (χ0n) is 13.0. The Kier molecular flexibility index (Phi) is 4.34. The first-order valence-corrected chi connectivity index (χ1v) is 9.18. The number of hydrogen-bond donors (Lipinski definition) is 2. The van der Waals surface area contributed by atoms with E-state index in [1.807, 2.05) is 6.07 Å². The number of aliphatic hydroxyl groups is 1. The van der Waals surface area contributed by atoms with Crippen molar-refractivity contribution in [1.82, 2.24) is 4.90 Å². The van der Waals surface area contributed by atoms with Crippen molar-refractivity contribution >= 4 is 21.6 Å². The standard InChI is InChI=1S/C17H22BrFN2O2/c18-11-5-14-16(15(19)6-11)20-7-10-1-2-13(23-17(10)14)9-21-4-3-12(22)8-21/h5-6,10,12-13,17,20,22H,1-4,7-9H2. The molecule has 0 bridgehead atoms. The number of likely N-dealkylation sites (tertiary alicyclic amines) is 1. The number of nitrogens with one attached hydrogen (secondary N) is 1. The normalized spacial score (nSPS) is 33.9. The smallest absolute Gasteiger partial charge is 0.147 e. The Morgan fingerprint density at radius 2 is 2.22 bits per heavy atom. The molecule has 3 heterocycles. The summed E-state index contributed by atoms with van der Waals surface area (Å²) in [6, 6.07) is 3.47. The van der Waals surface area contributed by atoms with Crippen molar-refractivity contribution in [3.8, 4) is 0 Å². The molecule has 0 radical (unpaired) electrons. The Morgan fingerprint density at radius 1 is 1.35 bits per heavy atom. The minimum Gasteiger partial charge on any atom is -0.392 e. The lowest BCUT2D eigenvalue weighted by molar-refractivity contribution is -0.0934. The zero-order valence-corrected chi connectivity index (χ0v) is 14.6. The number of hydrogen-bond acceptors (Lipinski definition) is 4. The van der Waals surface area contributed by atoms with Crippen molar-refractivity contribution in [2.24, 2.45) is 5.92 Å². The van der Waals surface area contributed by atoms with Gasteiger partial charge in [0.1, 0.15) is 5.82 Å². The second-order valence-corrected chi connectivity index (χ2v) is 7.87. The van der Waals surface area contributed by atoms with Gasteiger partial charge in [-0.05, 0) is 31.4 Å². The van der Waals surface area contributed by atoms with E-state index < -0.39 is 0 Å². The topological polar surface area (TPSA) is 44.7 Å². The van der Waals surface area contributed by atoms with Crippen LogP contribution in [0.15, 0.2) is 16.6 Å². The third kappa shape index (κ3) is 3.14. The first-order valence-electron chi connectivity index (χ1n) is 8.39. The van der Waals surface area contributed by atoms with E-state index in [1.54, 1.807) is 0 Å². The van der Waals surface area contributed by atoms with Gasteiger partial charge in [-0.3, -0.25) is 4.90 Å². The van der Waals surface area contributed by atoms with E-state index in [0.717, 1.165) is 55.5 Å². The minimum absolute atomic E-state index is 0.0375. The highest BCUT2D eigenvalue weighted by molar-refractivity contribution is 9.10. The molecule has 3 aliphatic rings. The summed E-state index contributed by atoms with van der Waals surface area (Å²) in [7, 11) is 0. The van der Waals surface area contributed by atoms with Gasteiger partial charge in [-0.15, -0.1) is 0 Å². The molecule has 4 unspecified atom stereocenters. The van der Waals surface area contributed by atoms with Crippen LogP contribution in [-0.2, 0) is 4.74 Å². The van der Waals surface area contributed by atoms with E-state index >= 15 is 0 Å². The summed E-state index contributed by atoms with van der Waals surface area (Å²) in [6.45, 7) is 3.31. The molecule has 2 saturated heterocycles. The van der Waals surface area contributed by atoms with Gasteiger partial charge in [-0.2, -0.15) is 0 Å². The molecular formula is C17H22BrFN2O2. The lowest BCUT2D eigenvalue weighted by Gasteiger charge is -2.42. The molecule has 1 aromatic carbocycles. The van der Waals surface area contributed by atoms with Crippen molar-refractivity contribution < 1.29 is 14.2 Å². The third-order valence-corrected chi connectivity index (χ3v) is 5.73. The number of aliphatic hydroxyl groups excluding tert-OH is 1. The summed E-state index contributed by atoms with van der Waals surface area (Å²) < 4.78 is 21.3. The van der Waals surface area contributed by atoms with E-state index in [0.29, 0.717) is 11.6 Å². The zero-order chi connectivity index (χ0) is 16.0. The number of benzene rings is 1. The van der Waals surface area contributed by atoms with Gasteiger partial charge in [0, 0.05) is 42.1 Å². The van der Waals surface area contributed by atoms with Crippen molar-refractivity contribution in [3.63, 3.8) is 0 Å². The summed E-state index contributed by atoms with van der Waals surface area (Å²) in [5, 5.41) is 12.9. The number of rotatable bonds is 2. The number of fused-ring (bicyclic) bond motifs is 3. The highest BCUT2D eigenvalue weighted by Gasteiger charge is 2.38. The van der Waals surface area contributed by atoms with Crippen molar-refractivity contribution in [1.29, 1.82) is 0 Å². The molecule has 2 N–H and O–H groups in total. The quantitative estimate of drug-likeness (QED) is 0.822. The predicted octanol–water partition coefficient (Wildman–Crippen LogP) is 2.92. The number of anilines is 1. The molecule has 4 atom stereocenters. The lowest BCUT2D eigenvalue weighted by Crippen LogP contribution is -2.41. The van der Waals surface area contributed by atoms with Crippen molar-refractivity contribution in [2.45, 2.75) is 37.6 Å². The van der Waals surface area contributed by atoms with E-state index in [-0.39, 0.29) is 24.1 Å². The number of ether oxygens (including phenoxy) is 1. The van der Waals surface area contributed by atoms with Gasteiger partial charge in [0.15, 0.2) is 0 Å². The molecule has 4 nitrogen and oxygen atoms in total. The molecule has 0 aromatic heterocycles. The van der Waals surface area contributed by atoms with E-state index in [4.69, 9.17) is 4.74 Å². The molecule has 1 aromatic rings. The summed E-state index contributed by atoms with van der Waals surface area (Å²) >= 11 is 3.39. The summed E-state index contributed by atoms with van der Waals surface area (Å²) in [5.74, 6) is 0.179.